The van der Waals surface area contributed by atoms with Crippen molar-refractivity contribution >= 4 is 15.9 Å². The zero-order valence-corrected chi connectivity index (χ0v) is 13.7. The summed E-state index contributed by atoms with van der Waals surface area (Å²) >= 11 is 3.45. The lowest BCUT2D eigenvalue weighted by atomic mass is 10.2. The second-order valence-corrected chi connectivity index (χ2v) is 5.72. The van der Waals surface area contributed by atoms with E-state index in [0.29, 0.717) is 6.61 Å². The molecule has 1 rings (SSSR count). The molecule has 5 heteroatoms. The standard InChI is InChI=1S/C14H24BrN3O/c1-4-6-16-10-12-9-13(15)11-17-14(12)19-8-5-7-18(2)3/h9,11,16H,4-8,10H2,1-3H3. The van der Waals surface area contributed by atoms with Gasteiger partial charge in [0.25, 0.3) is 0 Å². The quantitative estimate of drug-likeness (QED) is 0.707. The predicted octanol–water partition coefficient (Wildman–Crippen LogP) is 2.67. The largest absolute Gasteiger partial charge is 0.477 e. The molecule has 0 unspecified atom stereocenters. The molecule has 1 heterocycles. The molecule has 0 aliphatic carbocycles. The third-order valence-corrected chi connectivity index (χ3v) is 3.06. The van der Waals surface area contributed by atoms with Crippen LogP contribution in [0.5, 0.6) is 5.88 Å². The monoisotopic (exact) mass is 329 g/mol. The first-order valence-corrected chi connectivity index (χ1v) is 7.55. The molecule has 0 spiro atoms. The van der Waals surface area contributed by atoms with E-state index in [1.807, 2.05) is 0 Å². The van der Waals surface area contributed by atoms with Crippen molar-refractivity contribution in [2.45, 2.75) is 26.3 Å². The molecule has 19 heavy (non-hydrogen) atoms. The number of hydrogen-bond acceptors (Lipinski definition) is 4. The van der Waals surface area contributed by atoms with Crippen molar-refractivity contribution in [3.05, 3.63) is 22.3 Å². The minimum absolute atomic E-state index is 0.702. The third-order valence-electron chi connectivity index (χ3n) is 2.62. The van der Waals surface area contributed by atoms with E-state index < -0.39 is 0 Å². The number of rotatable bonds is 9. The van der Waals surface area contributed by atoms with Crippen LogP contribution < -0.4 is 10.1 Å². The van der Waals surface area contributed by atoms with E-state index in [9.17, 15) is 0 Å². The molecule has 0 atom stereocenters. The molecule has 0 amide bonds. The Morgan fingerprint density at radius 1 is 1.42 bits per heavy atom. The Morgan fingerprint density at radius 2 is 2.21 bits per heavy atom. The van der Waals surface area contributed by atoms with E-state index in [4.69, 9.17) is 4.74 Å². The summed E-state index contributed by atoms with van der Waals surface area (Å²) < 4.78 is 6.76. The number of aromatic nitrogens is 1. The highest BCUT2D eigenvalue weighted by molar-refractivity contribution is 9.10. The van der Waals surface area contributed by atoms with Crippen molar-refractivity contribution in [2.75, 3.05) is 33.8 Å². The van der Waals surface area contributed by atoms with Gasteiger partial charge in [-0.3, -0.25) is 0 Å². The van der Waals surface area contributed by atoms with Crippen molar-refractivity contribution in [1.29, 1.82) is 0 Å². The maximum Gasteiger partial charge on any atom is 0.217 e. The van der Waals surface area contributed by atoms with Crippen LogP contribution >= 0.6 is 15.9 Å². The topological polar surface area (TPSA) is 37.4 Å². The van der Waals surface area contributed by atoms with Crippen molar-refractivity contribution in [3.8, 4) is 5.88 Å². The Morgan fingerprint density at radius 3 is 2.89 bits per heavy atom. The van der Waals surface area contributed by atoms with Gasteiger partial charge in [-0.15, -0.1) is 0 Å². The summed E-state index contributed by atoms with van der Waals surface area (Å²) in [5.41, 5.74) is 1.10. The summed E-state index contributed by atoms with van der Waals surface area (Å²) in [6.07, 6.45) is 3.91. The fraction of sp³-hybridized carbons (Fsp3) is 0.643. The van der Waals surface area contributed by atoms with Gasteiger partial charge in [0.15, 0.2) is 0 Å². The fourth-order valence-corrected chi connectivity index (χ4v) is 2.05. The molecule has 0 saturated carbocycles. The van der Waals surface area contributed by atoms with Gasteiger partial charge in [0, 0.05) is 29.3 Å². The highest BCUT2D eigenvalue weighted by atomic mass is 79.9. The van der Waals surface area contributed by atoms with Crippen LogP contribution in [0.4, 0.5) is 0 Å². The molecule has 0 fully saturated rings. The molecule has 0 aliphatic heterocycles. The van der Waals surface area contributed by atoms with E-state index in [1.165, 1.54) is 0 Å². The molecule has 108 valence electrons. The average Bonchev–Trinajstić information content (AvgIpc) is 2.36. The average molecular weight is 330 g/mol. The summed E-state index contributed by atoms with van der Waals surface area (Å²) in [7, 11) is 4.13. The SMILES string of the molecule is CCCNCc1cc(Br)cnc1OCCCN(C)C. The molecule has 0 bridgehead atoms. The summed E-state index contributed by atoms with van der Waals surface area (Å²) in [6.45, 7) is 5.69. The van der Waals surface area contributed by atoms with Gasteiger partial charge in [0.1, 0.15) is 0 Å². The van der Waals surface area contributed by atoms with E-state index in [1.54, 1.807) is 6.20 Å². The maximum absolute atomic E-state index is 5.77. The first-order valence-electron chi connectivity index (χ1n) is 6.76. The van der Waals surface area contributed by atoms with Crippen LogP contribution in [0.15, 0.2) is 16.7 Å². The molecule has 0 saturated heterocycles. The van der Waals surface area contributed by atoms with E-state index in [0.717, 1.165) is 48.4 Å². The van der Waals surface area contributed by atoms with Gasteiger partial charge in [-0.05, 0) is 55.5 Å². The van der Waals surface area contributed by atoms with Crippen LogP contribution in [-0.4, -0.2) is 43.7 Å². The summed E-state index contributed by atoms with van der Waals surface area (Å²) in [6, 6.07) is 2.07. The number of pyridine rings is 1. The summed E-state index contributed by atoms with van der Waals surface area (Å²) in [5, 5.41) is 3.38. The number of hydrogen-bond donors (Lipinski definition) is 1. The second-order valence-electron chi connectivity index (χ2n) is 4.80. The van der Waals surface area contributed by atoms with Crippen LogP contribution in [-0.2, 0) is 6.54 Å². The molecule has 0 aliphatic rings. The Kier molecular flexibility index (Phi) is 8.02. The van der Waals surface area contributed by atoms with Gasteiger partial charge >= 0.3 is 0 Å². The van der Waals surface area contributed by atoms with Crippen molar-refractivity contribution in [2.24, 2.45) is 0 Å². The van der Waals surface area contributed by atoms with Gasteiger partial charge in [0.2, 0.25) is 5.88 Å². The molecular formula is C14H24BrN3O. The van der Waals surface area contributed by atoms with Crippen molar-refractivity contribution < 1.29 is 4.74 Å². The lowest BCUT2D eigenvalue weighted by Gasteiger charge is -2.13. The lowest BCUT2D eigenvalue weighted by Crippen LogP contribution is -2.17. The first kappa shape index (κ1) is 16.4. The van der Waals surface area contributed by atoms with Crippen molar-refractivity contribution in [1.82, 2.24) is 15.2 Å². The Balaban J connectivity index is 2.50. The molecule has 0 radical (unpaired) electrons. The Hall–Kier alpha value is -0.650. The van der Waals surface area contributed by atoms with E-state index in [2.05, 4.69) is 58.2 Å². The van der Waals surface area contributed by atoms with Crippen LogP contribution in [0.2, 0.25) is 0 Å². The number of nitrogens with one attached hydrogen (secondary N) is 1. The molecular weight excluding hydrogens is 306 g/mol. The zero-order chi connectivity index (χ0) is 14.1. The predicted molar refractivity (Wildman–Crippen MR) is 82.6 cm³/mol. The first-order chi connectivity index (χ1) is 9.13. The summed E-state index contributed by atoms with van der Waals surface area (Å²) in [4.78, 5) is 6.51. The van der Waals surface area contributed by atoms with E-state index >= 15 is 0 Å². The van der Waals surface area contributed by atoms with Crippen molar-refractivity contribution in [3.63, 3.8) is 0 Å². The van der Waals surface area contributed by atoms with Gasteiger partial charge in [-0.2, -0.15) is 0 Å². The smallest absolute Gasteiger partial charge is 0.217 e. The Bertz CT molecular complexity index is 372. The third kappa shape index (κ3) is 6.89. The highest BCUT2D eigenvalue weighted by Gasteiger charge is 2.06. The fourth-order valence-electron chi connectivity index (χ4n) is 1.67. The normalized spacial score (nSPS) is 11.0. The number of ether oxygens (including phenoxy) is 1. The minimum atomic E-state index is 0.702. The van der Waals surface area contributed by atoms with Gasteiger partial charge in [-0.25, -0.2) is 4.98 Å². The molecule has 1 aromatic heterocycles. The van der Waals surface area contributed by atoms with Crippen LogP contribution in [0.1, 0.15) is 25.3 Å². The van der Waals surface area contributed by atoms with Gasteiger partial charge < -0.3 is 15.0 Å². The van der Waals surface area contributed by atoms with E-state index in [-0.39, 0.29) is 0 Å². The van der Waals surface area contributed by atoms with Crippen LogP contribution in [0, 0.1) is 0 Å². The molecule has 0 aromatic carbocycles. The zero-order valence-electron chi connectivity index (χ0n) is 12.1. The van der Waals surface area contributed by atoms with Crippen LogP contribution in [0.25, 0.3) is 0 Å². The highest BCUT2D eigenvalue weighted by Crippen LogP contribution is 2.20. The second kappa shape index (κ2) is 9.28. The van der Waals surface area contributed by atoms with Gasteiger partial charge in [-0.1, -0.05) is 6.92 Å². The summed E-state index contributed by atoms with van der Waals surface area (Å²) in [5.74, 6) is 0.741. The minimum Gasteiger partial charge on any atom is -0.477 e. The number of halogens is 1. The molecule has 1 N–H and O–H groups in total. The maximum atomic E-state index is 5.77. The number of nitrogens with zero attached hydrogens (tertiary/aromatic N) is 2. The van der Waals surface area contributed by atoms with Gasteiger partial charge in [0.05, 0.1) is 6.61 Å². The molecule has 4 nitrogen and oxygen atoms in total. The lowest BCUT2D eigenvalue weighted by molar-refractivity contribution is 0.270. The Labute approximate surface area is 124 Å². The molecule has 1 aromatic rings. The van der Waals surface area contributed by atoms with Crippen LogP contribution in [0.3, 0.4) is 0 Å².